The number of benzene rings is 1. The topological polar surface area (TPSA) is 51.0 Å². The second-order valence-corrected chi connectivity index (χ2v) is 4.64. The van der Waals surface area contributed by atoms with Gasteiger partial charge in [0.25, 0.3) is 0 Å². The average molecular weight is 247 g/mol. The van der Waals surface area contributed by atoms with E-state index in [-0.39, 0.29) is 11.4 Å². The Bertz CT molecular complexity index is 523. The van der Waals surface area contributed by atoms with Gasteiger partial charge in [-0.1, -0.05) is 23.4 Å². The van der Waals surface area contributed by atoms with Crippen molar-refractivity contribution in [3.63, 3.8) is 0 Å². The summed E-state index contributed by atoms with van der Waals surface area (Å²) >= 11 is 0. The Hall–Kier alpha value is -1.75. The molecule has 4 nitrogen and oxygen atoms in total. The van der Waals surface area contributed by atoms with Gasteiger partial charge in [-0.25, -0.2) is 4.39 Å². The van der Waals surface area contributed by atoms with Gasteiger partial charge in [-0.15, -0.1) is 0 Å². The molecule has 1 heterocycles. The minimum atomic E-state index is -0.241. The third-order valence-corrected chi connectivity index (χ3v) is 3.57. The highest BCUT2D eigenvalue weighted by molar-refractivity contribution is 5.18. The van der Waals surface area contributed by atoms with Gasteiger partial charge in [0.1, 0.15) is 5.82 Å². The van der Waals surface area contributed by atoms with Crippen molar-refractivity contribution >= 4 is 0 Å². The highest BCUT2D eigenvalue weighted by Gasteiger charge is 2.42. The molecular formula is C13H14FN3O. The summed E-state index contributed by atoms with van der Waals surface area (Å²) in [5.74, 6) is 0.484. The summed E-state index contributed by atoms with van der Waals surface area (Å²) in [6.07, 6.45) is 4.38. The van der Waals surface area contributed by atoms with Crippen LogP contribution in [0.15, 0.2) is 35.2 Å². The molecule has 0 radical (unpaired) electrons. The van der Waals surface area contributed by atoms with Crippen LogP contribution in [0.3, 0.4) is 0 Å². The summed E-state index contributed by atoms with van der Waals surface area (Å²) < 4.78 is 18.3. The highest BCUT2D eigenvalue weighted by Crippen LogP contribution is 2.39. The van der Waals surface area contributed by atoms with Crippen molar-refractivity contribution in [2.24, 2.45) is 0 Å². The van der Waals surface area contributed by atoms with Gasteiger partial charge in [-0.05, 0) is 25.3 Å². The minimum absolute atomic E-state index is 0.187. The molecule has 0 amide bonds. The summed E-state index contributed by atoms with van der Waals surface area (Å²) in [6, 6.07) is 6.78. The van der Waals surface area contributed by atoms with Gasteiger partial charge in [0.15, 0.2) is 5.82 Å². The lowest BCUT2D eigenvalue weighted by molar-refractivity contribution is 0.164. The number of aromatic nitrogens is 2. The SMILES string of the molecule is Fc1ccccc1CNC1(c2ncon2)CCC1. The molecule has 1 aromatic carbocycles. The first-order chi connectivity index (χ1) is 8.80. The summed E-state index contributed by atoms with van der Waals surface area (Å²) in [5.41, 5.74) is 0.419. The van der Waals surface area contributed by atoms with Gasteiger partial charge in [-0.2, -0.15) is 4.98 Å². The van der Waals surface area contributed by atoms with Crippen molar-refractivity contribution < 1.29 is 8.91 Å². The molecule has 0 bridgehead atoms. The highest BCUT2D eigenvalue weighted by atomic mass is 19.1. The van der Waals surface area contributed by atoms with E-state index < -0.39 is 0 Å². The Morgan fingerprint density at radius 3 is 2.78 bits per heavy atom. The molecule has 3 rings (SSSR count). The van der Waals surface area contributed by atoms with Gasteiger partial charge < -0.3 is 9.84 Å². The Labute approximate surface area is 104 Å². The van der Waals surface area contributed by atoms with Gasteiger partial charge >= 0.3 is 0 Å². The molecule has 1 aromatic heterocycles. The fraction of sp³-hybridized carbons (Fsp3) is 0.385. The zero-order valence-corrected chi connectivity index (χ0v) is 9.90. The van der Waals surface area contributed by atoms with E-state index in [4.69, 9.17) is 4.52 Å². The lowest BCUT2D eigenvalue weighted by Crippen LogP contribution is -2.48. The summed E-state index contributed by atoms with van der Waals surface area (Å²) in [6.45, 7) is 0.473. The van der Waals surface area contributed by atoms with E-state index in [0.29, 0.717) is 17.9 Å². The van der Waals surface area contributed by atoms with Crippen LogP contribution in [-0.2, 0) is 12.1 Å². The molecule has 1 saturated carbocycles. The molecule has 94 valence electrons. The van der Waals surface area contributed by atoms with E-state index >= 15 is 0 Å². The minimum Gasteiger partial charge on any atom is -0.343 e. The molecule has 0 aliphatic heterocycles. The Balaban J connectivity index is 1.74. The molecule has 18 heavy (non-hydrogen) atoms. The van der Waals surface area contributed by atoms with Gasteiger partial charge in [-0.3, -0.25) is 0 Å². The predicted octanol–water partition coefficient (Wildman–Crippen LogP) is 2.38. The Kier molecular flexibility index (Phi) is 2.83. The zero-order valence-electron chi connectivity index (χ0n) is 9.90. The predicted molar refractivity (Wildman–Crippen MR) is 63.1 cm³/mol. The standard InChI is InChI=1S/C13H14FN3O/c14-11-5-2-1-4-10(11)8-16-13(6-3-7-13)12-15-9-18-17-12/h1-2,4-5,9,16H,3,6-8H2. The van der Waals surface area contributed by atoms with Crippen molar-refractivity contribution in [3.8, 4) is 0 Å². The number of halogens is 1. The van der Waals surface area contributed by atoms with Crippen LogP contribution in [0, 0.1) is 5.82 Å². The molecule has 1 fully saturated rings. The molecular weight excluding hydrogens is 233 g/mol. The van der Waals surface area contributed by atoms with Gasteiger partial charge in [0.2, 0.25) is 6.39 Å². The maximum atomic E-state index is 13.5. The number of hydrogen-bond acceptors (Lipinski definition) is 4. The number of nitrogens with zero attached hydrogens (tertiary/aromatic N) is 2. The monoisotopic (exact) mass is 247 g/mol. The van der Waals surface area contributed by atoms with Crippen LogP contribution >= 0.6 is 0 Å². The fourth-order valence-corrected chi connectivity index (χ4v) is 2.30. The lowest BCUT2D eigenvalue weighted by atomic mass is 9.76. The number of rotatable bonds is 4. The van der Waals surface area contributed by atoms with Crippen LogP contribution in [0.25, 0.3) is 0 Å². The second kappa shape index (κ2) is 4.49. The first-order valence-electron chi connectivity index (χ1n) is 6.05. The third-order valence-electron chi connectivity index (χ3n) is 3.57. The van der Waals surface area contributed by atoms with Crippen LogP contribution in [0.2, 0.25) is 0 Å². The number of hydrogen-bond donors (Lipinski definition) is 1. The van der Waals surface area contributed by atoms with Crippen LogP contribution in [-0.4, -0.2) is 10.1 Å². The van der Waals surface area contributed by atoms with Crippen molar-refractivity contribution in [2.75, 3.05) is 0 Å². The molecule has 1 N–H and O–H groups in total. The molecule has 1 aliphatic rings. The van der Waals surface area contributed by atoms with Crippen LogP contribution in [0.4, 0.5) is 4.39 Å². The summed E-state index contributed by atoms with van der Waals surface area (Å²) in [5, 5.41) is 7.27. The van der Waals surface area contributed by atoms with E-state index in [1.165, 1.54) is 12.5 Å². The normalized spacial score (nSPS) is 17.4. The Morgan fingerprint density at radius 2 is 2.17 bits per heavy atom. The van der Waals surface area contributed by atoms with E-state index in [0.717, 1.165) is 19.3 Å². The molecule has 2 aromatic rings. The molecule has 1 aliphatic carbocycles. The maximum absolute atomic E-state index is 13.5. The first kappa shape index (κ1) is 11.3. The number of nitrogens with one attached hydrogen (secondary N) is 1. The second-order valence-electron chi connectivity index (χ2n) is 4.64. The molecule has 5 heteroatoms. The van der Waals surface area contributed by atoms with E-state index in [1.54, 1.807) is 12.1 Å². The molecule has 0 atom stereocenters. The maximum Gasteiger partial charge on any atom is 0.213 e. The summed E-state index contributed by atoms with van der Waals surface area (Å²) in [4.78, 5) is 4.11. The van der Waals surface area contributed by atoms with Gasteiger partial charge in [0, 0.05) is 12.1 Å². The van der Waals surface area contributed by atoms with Crippen molar-refractivity contribution in [3.05, 3.63) is 47.9 Å². The average Bonchev–Trinajstić information content (AvgIpc) is 2.84. The lowest BCUT2D eigenvalue weighted by Gasteiger charge is -2.40. The van der Waals surface area contributed by atoms with Crippen LogP contribution < -0.4 is 5.32 Å². The van der Waals surface area contributed by atoms with Crippen molar-refractivity contribution in [1.82, 2.24) is 15.5 Å². The zero-order chi connectivity index (χ0) is 12.4. The van der Waals surface area contributed by atoms with Crippen LogP contribution in [0.5, 0.6) is 0 Å². The summed E-state index contributed by atoms with van der Waals surface area (Å²) in [7, 11) is 0. The first-order valence-corrected chi connectivity index (χ1v) is 6.05. The van der Waals surface area contributed by atoms with Gasteiger partial charge in [0.05, 0.1) is 5.54 Å². The molecule has 0 saturated heterocycles. The smallest absolute Gasteiger partial charge is 0.213 e. The van der Waals surface area contributed by atoms with Crippen LogP contribution in [0.1, 0.15) is 30.7 Å². The molecule has 0 spiro atoms. The van der Waals surface area contributed by atoms with E-state index in [1.807, 2.05) is 6.07 Å². The van der Waals surface area contributed by atoms with Crippen molar-refractivity contribution in [2.45, 2.75) is 31.3 Å². The largest absolute Gasteiger partial charge is 0.343 e. The quantitative estimate of drug-likeness (QED) is 0.901. The molecule has 0 unspecified atom stereocenters. The Morgan fingerprint density at radius 1 is 1.33 bits per heavy atom. The van der Waals surface area contributed by atoms with E-state index in [2.05, 4.69) is 15.5 Å². The fourth-order valence-electron chi connectivity index (χ4n) is 2.30. The van der Waals surface area contributed by atoms with Crippen molar-refractivity contribution in [1.29, 1.82) is 0 Å². The third kappa shape index (κ3) is 1.90. The van der Waals surface area contributed by atoms with E-state index in [9.17, 15) is 4.39 Å².